The van der Waals surface area contributed by atoms with E-state index < -0.39 is 0 Å². The Balaban J connectivity index is 2.03. The van der Waals surface area contributed by atoms with Gasteiger partial charge in [0.15, 0.2) is 0 Å². The second kappa shape index (κ2) is 8.45. The molecule has 0 saturated carbocycles. The molecule has 122 valence electrons. The Bertz CT molecular complexity index is 778. The van der Waals surface area contributed by atoms with E-state index in [2.05, 4.69) is 122 Å². The highest BCUT2D eigenvalue weighted by molar-refractivity contribution is 6.49. The van der Waals surface area contributed by atoms with Gasteiger partial charge in [-0.1, -0.05) is 115 Å². The van der Waals surface area contributed by atoms with Crippen molar-refractivity contribution in [2.45, 2.75) is 12.0 Å². The molecular weight excluding hydrogens is 316 g/mol. The molecule has 0 atom stereocenters. The lowest BCUT2D eigenvalue weighted by Gasteiger charge is -2.31. The SMILES string of the molecule is C/C=C/C([Si]/C=C/c1ccccc1)(c1ccccc1)c1ccccc1. The molecule has 3 rings (SSSR count). The molecule has 0 saturated heterocycles. The van der Waals surface area contributed by atoms with Crippen molar-refractivity contribution >= 4 is 15.6 Å². The predicted molar refractivity (Wildman–Crippen MR) is 110 cm³/mol. The van der Waals surface area contributed by atoms with E-state index in [1.54, 1.807) is 0 Å². The lowest BCUT2D eigenvalue weighted by molar-refractivity contribution is 0.909. The quantitative estimate of drug-likeness (QED) is 0.389. The molecule has 0 N–H and O–H groups in total. The zero-order valence-corrected chi connectivity index (χ0v) is 15.5. The van der Waals surface area contributed by atoms with Crippen molar-refractivity contribution in [2.75, 3.05) is 0 Å². The number of allylic oxidation sites excluding steroid dienone is 2. The highest BCUT2D eigenvalue weighted by Crippen LogP contribution is 2.33. The van der Waals surface area contributed by atoms with E-state index in [9.17, 15) is 0 Å². The Kier molecular flexibility index (Phi) is 5.81. The van der Waals surface area contributed by atoms with Crippen LogP contribution in [0.25, 0.3) is 6.08 Å². The summed E-state index contributed by atoms with van der Waals surface area (Å²) >= 11 is 0. The van der Waals surface area contributed by atoms with Gasteiger partial charge >= 0.3 is 0 Å². The monoisotopic (exact) mass is 338 g/mol. The molecule has 2 radical (unpaired) electrons. The molecule has 0 aliphatic rings. The van der Waals surface area contributed by atoms with Crippen LogP contribution >= 0.6 is 0 Å². The van der Waals surface area contributed by atoms with Crippen LogP contribution in [0.3, 0.4) is 0 Å². The van der Waals surface area contributed by atoms with Crippen LogP contribution < -0.4 is 0 Å². The maximum Gasteiger partial charge on any atom is 0.0942 e. The number of rotatable bonds is 6. The minimum Gasteiger partial charge on any atom is -0.0964 e. The van der Waals surface area contributed by atoms with Gasteiger partial charge in [-0.15, -0.1) is 0 Å². The average molecular weight is 339 g/mol. The van der Waals surface area contributed by atoms with E-state index in [1.807, 2.05) is 0 Å². The summed E-state index contributed by atoms with van der Waals surface area (Å²) in [5, 5.41) is -0.122. The summed E-state index contributed by atoms with van der Waals surface area (Å²) in [6, 6.07) is 32.1. The highest BCUT2D eigenvalue weighted by atomic mass is 28.2. The molecular formula is C24H22Si. The number of benzene rings is 3. The van der Waals surface area contributed by atoms with E-state index in [4.69, 9.17) is 0 Å². The topological polar surface area (TPSA) is 0 Å². The van der Waals surface area contributed by atoms with Gasteiger partial charge in [-0.2, -0.15) is 0 Å². The first-order valence-electron chi connectivity index (χ1n) is 8.59. The normalized spacial score (nSPS) is 12.0. The average Bonchev–Trinajstić information content (AvgIpc) is 2.69. The van der Waals surface area contributed by atoms with E-state index in [0.29, 0.717) is 9.52 Å². The fraction of sp³-hybridized carbons (Fsp3) is 0.0833. The van der Waals surface area contributed by atoms with Gasteiger partial charge in [-0.25, -0.2) is 0 Å². The zero-order chi connectivity index (χ0) is 17.4. The van der Waals surface area contributed by atoms with Gasteiger partial charge in [-0.05, 0) is 23.6 Å². The second-order valence-corrected chi connectivity index (χ2v) is 7.34. The Hall–Kier alpha value is -2.64. The maximum absolute atomic E-state index is 2.34. The molecule has 0 unspecified atom stereocenters. The Morgan fingerprint density at radius 2 is 1.16 bits per heavy atom. The van der Waals surface area contributed by atoms with Crippen molar-refractivity contribution in [1.82, 2.24) is 0 Å². The van der Waals surface area contributed by atoms with Crippen molar-refractivity contribution < 1.29 is 0 Å². The van der Waals surface area contributed by atoms with E-state index in [-0.39, 0.29) is 5.04 Å². The van der Waals surface area contributed by atoms with Crippen LogP contribution in [0.15, 0.2) is 109 Å². The molecule has 3 aromatic carbocycles. The standard InChI is InChI=1S/C24H22Si/c1-2-19-24(22-14-8-4-9-15-22,23-16-10-5-11-17-23)25-20-18-21-12-6-3-7-13-21/h2-20H,1H3/b19-2+,20-18+. The molecule has 0 heterocycles. The minimum atomic E-state index is -0.122. The van der Waals surface area contributed by atoms with E-state index >= 15 is 0 Å². The largest absolute Gasteiger partial charge is 0.0964 e. The third-order valence-corrected chi connectivity index (χ3v) is 5.79. The Morgan fingerprint density at radius 3 is 1.64 bits per heavy atom. The van der Waals surface area contributed by atoms with Gasteiger partial charge in [0, 0.05) is 5.04 Å². The zero-order valence-electron chi connectivity index (χ0n) is 14.5. The maximum atomic E-state index is 2.34. The van der Waals surface area contributed by atoms with Crippen LogP contribution in [0.5, 0.6) is 0 Å². The smallest absolute Gasteiger partial charge is 0.0942 e. The number of hydrogen-bond donors (Lipinski definition) is 0. The molecule has 0 fully saturated rings. The van der Waals surface area contributed by atoms with Crippen LogP contribution in [0.4, 0.5) is 0 Å². The molecule has 0 aromatic heterocycles. The van der Waals surface area contributed by atoms with Crippen LogP contribution in [0.1, 0.15) is 23.6 Å². The lowest BCUT2D eigenvalue weighted by Crippen LogP contribution is -2.31. The second-order valence-electron chi connectivity index (χ2n) is 5.93. The minimum absolute atomic E-state index is 0.122. The van der Waals surface area contributed by atoms with Crippen LogP contribution in [-0.2, 0) is 5.04 Å². The fourth-order valence-electron chi connectivity index (χ4n) is 3.06. The van der Waals surface area contributed by atoms with Crippen molar-refractivity contribution in [3.63, 3.8) is 0 Å². The Labute approximate surface area is 153 Å². The van der Waals surface area contributed by atoms with Gasteiger partial charge < -0.3 is 0 Å². The van der Waals surface area contributed by atoms with Crippen molar-refractivity contribution in [1.29, 1.82) is 0 Å². The third kappa shape index (κ3) is 4.07. The van der Waals surface area contributed by atoms with Gasteiger partial charge in [0.25, 0.3) is 0 Å². The van der Waals surface area contributed by atoms with Crippen molar-refractivity contribution in [2.24, 2.45) is 0 Å². The number of hydrogen-bond acceptors (Lipinski definition) is 0. The summed E-state index contributed by atoms with van der Waals surface area (Å²) in [6.07, 6.45) is 6.73. The van der Waals surface area contributed by atoms with E-state index in [1.165, 1.54) is 16.7 Å². The first-order valence-corrected chi connectivity index (χ1v) is 9.67. The first kappa shape index (κ1) is 17.2. The Morgan fingerprint density at radius 1 is 0.680 bits per heavy atom. The summed E-state index contributed by atoms with van der Waals surface area (Å²) < 4.78 is 0. The fourth-order valence-corrected chi connectivity index (χ4v) is 4.53. The molecule has 0 bridgehead atoms. The first-order chi connectivity index (χ1) is 12.3. The summed E-state index contributed by atoms with van der Waals surface area (Å²) in [4.78, 5) is 0. The third-order valence-electron chi connectivity index (χ3n) is 4.26. The molecule has 25 heavy (non-hydrogen) atoms. The predicted octanol–water partition coefficient (Wildman–Crippen LogP) is 5.88. The molecule has 0 aliphatic heterocycles. The van der Waals surface area contributed by atoms with Gasteiger partial charge in [0.1, 0.15) is 0 Å². The lowest BCUT2D eigenvalue weighted by atomic mass is 9.89. The molecule has 0 amide bonds. The van der Waals surface area contributed by atoms with Crippen LogP contribution in [0.2, 0.25) is 0 Å². The van der Waals surface area contributed by atoms with Gasteiger partial charge in [0.2, 0.25) is 0 Å². The molecule has 0 aliphatic carbocycles. The molecule has 0 spiro atoms. The summed E-state index contributed by atoms with van der Waals surface area (Å²) in [7, 11) is 0.613. The van der Waals surface area contributed by atoms with Crippen LogP contribution in [-0.4, -0.2) is 9.52 Å². The van der Waals surface area contributed by atoms with Gasteiger partial charge in [-0.3, -0.25) is 0 Å². The summed E-state index contributed by atoms with van der Waals surface area (Å²) in [5.74, 6) is 0. The van der Waals surface area contributed by atoms with Crippen molar-refractivity contribution in [3.8, 4) is 0 Å². The summed E-state index contributed by atoms with van der Waals surface area (Å²) in [5.41, 5.74) is 6.21. The highest BCUT2D eigenvalue weighted by Gasteiger charge is 2.30. The summed E-state index contributed by atoms with van der Waals surface area (Å²) in [6.45, 7) is 2.10. The van der Waals surface area contributed by atoms with Crippen molar-refractivity contribution in [3.05, 3.63) is 126 Å². The van der Waals surface area contributed by atoms with Crippen LogP contribution in [0, 0.1) is 0 Å². The van der Waals surface area contributed by atoms with Gasteiger partial charge in [0.05, 0.1) is 9.52 Å². The molecule has 0 nitrogen and oxygen atoms in total. The molecule has 3 aromatic rings. The van der Waals surface area contributed by atoms with E-state index in [0.717, 1.165) is 0 Å². The molecule has 1 heteroatoms.